The van der Waals surface area contributed by atoms with E-state index in [1.807, 2.05) is 0 Å². The molecule has 6 aliphatic carbocycles. The lowest BCUT2D eigenvalue weighted by Gasteiger charge is -2.61. The van der Waals surface area contributed by atoms with Crippen LogP contribution in [0.15, 0.2) is 0 Å². The maximum atomic E-state index is 14.2. The van der Waals surface area contributed by atoms with E-state index in [2.05, 4.69) is 20.8 Å². The molecule has 208 valence electrons. The summed E-state index contributed by atoms with van der Waals surface area (Å²) in [6.07, 6.45) is 8.76. The first-order valence-corrected chi connectivity index (χ1v) is 15.1. The first kappa shape index (κ1) is 25.1. The van der Waals surface area contributed by atoms with Crippen molar-refractivity contribution in [3.8, 4) is 0 Å². The third kappa shape index (κ3) is 3.44. The molecule has 2 heterocycles. The van der Waals surface area contributed by atoms with E-state index in [-0.39, 0.29) is 46.9 Å². The van der Waals surface area contributed by atoms with Crippen molar-refractivity contribution in [2.45, 2.75) is 84.7 Å². The first-order valence-electron chi connectivity index (χ1n) is 15.1. The SMILES string of the molecule is CC1C(=O)OC(=O)C1C(CC1C(C)C2CC1C1COC(=O)C21)C(=O)OC(C)(C)C12CC3CC(CC(C3)C1)C2. The fourth-order valence-corrected chi connectivity index (χ4v) is 11.3. The quantitative estimate of drug-likeness (QED) is 0.284. The summed E-state index contributed by atoms with van der Waals surface area (Å²) in [5, 5.41) is 0. The molecule has 0 radical (unpaired) electrons. The van der Waals surface area contributed by atoms with Gasteiger partial charge in [-0.2, -0.15) is 0 Å². The van der Waals surface area contributed by atoms with Gasteiger partial charge in [-0.3, -0.25) is 19.2 Å². The molecule has 7 heteroatoms. The van der Waals surface area contributed by atoms with Crippen molar-refractivity contribution in [1.29, 1.82) is 0 Å². The Labute approximate surface area is 225 Å². The van der Waals surface area contributed by atoms with Gasteiger partial charge in [-0.25, -0.2) is 0 Å². The van der Waals surface area contributed by atoms with Gasteiger partial charge in [0, 0.05) is 11.3 Å². The zero-order chi connectivity index (χ0) is 26.7. The molecule has 0 aromatic carbocycles. The highest BCUT2D eigenvalue weighted by atomic mass is 16.6. The minimum Gasteiger partial charge on any atom is -0.465 e. The molecule has 6 bridgehead atoms. The molecule has 8 rings (SSSR count). The van der Waals surface area contributed by atoms with E-state index < -0.39 is 35.3 Å². The van der Waals surface area contributed by atoms with E-state index in [9.17, 15) is 19.2 Å². The standard InChI is InChI=1S/C31H42O7/c1-14-19(21-9-20(14)25-23(21)13-36-28(25)34)8-22(24-15(2)26(32)37-29(24)35)27(33)38-30(3,4)31-10-16-5-17(11-31)7-18(6-16)12-31/h14-25H,5-13H2,1-4H3. The van der Waals surface area contributed by atoms with Crippen LogP contribution >= 0.6 is 0 Å². The molecule has 8 aliphatic rings. The van der Waals surface area contributed by atoms with Gasteiger partial charge in [0.15, 0.2) is 0 Å². The Hall–Kier alpha value is -1.92. The van der Waals surface area contributed by atoms with Gasteiger partial charge in [0.25, 0.3) is 0 Å². The summed E-state index contributed by atoms with van der Waals surface area (Å²) < 4.78 is 17.0. The van der Waals surface area contributed by atoms with E-state index in [1.54, 1.807) is 6.92 Å². The third-order valence-electron chi connectivity index (χ3n) is 12.9. The molecule has 0 spiro atoms. The highest BCUT2D eigenvalue weighted by Gasteiger charge is 2.64. The molecule has 2 aliphatic heterocycles. The minimum absolute atomic E-state index is 0.00589. The van der Waals surface area contributed by atoms with Crippen LogP contribution in [0.1, 0.15) is 79.1 Å². The molecule has 0 aromatic rings. The fourth-order valence-electron chi connectivity index (χ4n) is 11.3. The van der Waals surface area contributed by atoms with Crippen LogP contribution in [0.4, 0.5) is 0 Å². The molecule has 0 aromatic heterocycles. The maximum Gasteiger partial charge on any atom is 0.318 e. The normalized spacial score (nSPS) is 49.3. The van der Waals surface area contributed by atoms with Gasteiger partial charge in [-0.1, -0.05) is 13.8 Å². The van der Waals surface area contributed by atoms with Crippen molar-refractivity contribution in [3.63, 3.8) is 0 Å². The molecule has 0 amide bonds. The van der Waals surface area contributed by atoms with Crippen LogP contribution in [0, 0.1) is 76.4 Å². The number of ether oxygens (including phenoxy) is 3. The van der Waals surface area contributed by atoms with Crippen LogP contribution in [0.2, 0.25) is 0 Å². The highest BCUT2D eigenvalue weighted by Crippen LogP contribution is 2.65. The molecule has 0 N–H and O–H groups in total. The maximum absolute atomic E-state index is 14.2. The Morgan fingerprint density at radius 3 is 2.13 bits per heavy atom. The number of hydrogen-bond donors (Lipinski definition) is 0. The largest absolute Gasteiger partial charge is 0.465 e. The monoisotopic (exact) mass is 526 g/mol. The number of carbonyl (C=O) groups excluding carboxylic acids is 4. The number of esters is 4. The lowest BCUT2D eigenvalue weighted by atomic mass is 9.46. The number of hydrogen-bond acceptors (Lipinski definition) is 7. The van der Waals surface area contributed by atoms with Gasteiger partial charge in [0.2, 0.25) is 0 Å². The Balaban J connectivity index is 1.16. The van der Waals surface area contributed by atoms with Crippen molar-refractivity contribution < 1.29 is 33.4 Å². The number of carbonyl (C=O) groups is 4. The topological polar surface area (TPSA) is 96.0 Å². The Morgan fingerprint density at radius 2 is 1.55 bits per heavy atom. The lowest BCUT2D eigenvalue weighted by molar-refractivity contribution is -0.205. The Morgan fingerprint density at radius 1 is 0.921 bits per heavy atom. The Kier molecular flexibility index (Phi) is 5.47. The van der Waals surface area contributed by atoms with Gasteiger partial charge in [-0.05, 0) is 107 Å². The van der Waals surface area contributed by atoms with Crippen molar-refractivity contribution in [1.82, 2.24) is 0 Å². The van der Waals surface area contributed by atoms with Crippen LogP contribution in [-0.2, 0) is 33.4 Å². The Bertz CT molecular complexity index is 1040. The van der Waals surface area contributed by atoms with E-state index >= 15 is 0 Å². The first-order chi connectivity index (χ1) is 18.0. The number of cyclic esters (lactones) is 3. The average Bonchev–Trinajstić information content (AvgIpc) is 3.54. The van der Waals surface area contributed by atoms with Crippen LogP contribution in [0.5, 0.6) is 0 Å². The minimum atomic E-state index is -0.814. The second-order valence-electron chi connectivity index (χ2n) is 14.9. The zero-order valence-electron chi connectivity index (χ0n) is 23.1. The third-order valence-corrected chi connectivity index (χ3v) is 12.9. The zero-order valence-corrected chi connectivity index (χ0v) is 23.1. The summed E-state index contributed by atoms with van der Waals surface area (Å²) in [7, 11) is 0. The lowest BCUT2D eigenvalue weighted by Crippen LogP contribution is -2.58. The molecular weight excluding hydrogens is 484 g/mol. The van der Waals surface area contributed by atoms with E-state index in [1.165, 1.54) is 19.3 Å². The van der Waals surface area contributed by atoms with Crippen LogP contribution in [0.3, 0.4) is 0 Å². The highest BCUT2D eigenvalue weighted by molar-refractivity contribution is 5.98. The van der Waals surface area contributed by atoms with Crippen LogP contribution < -0.4 is 0 Å². The molecule has 7 nitrogen and oxygen atoms in total. The second-order valence-corrected chi connectivity index (χ2v) is 14.9. The second kappa shape index (κ2) is 8.30. The van der Waals surface area contributed by atoms with Gasteiger partial charge < -0.3 is 14.2 Å². The molecule has 8 fully saturated rings. The smallest absolute Gasteiger partial charge is 0.318 e. The summed E-state index contributed by atoms with van der Waals surface area (Å²) in [4.78, 5) is 51.9. The summed E-state index contributed by atoms with van der Waals surface area (Å²) in [5.41, 5.74) is -0.640. The van der Waals surface area contributed by atoms with Gasteiger partial charge in [0.1, 0.15) is 5.60 Å². The summed E-state index contributed by atoms with van der Waals surface area (Å²) in [6.45, 7) is 8.51. The average molecular weight is 527 g/mol. The molecule has 38 heavy (non-hydrogen) atoms. The van der Waals surface area contributed by atoms with E-state index in [0.29, 0.717) is 18.9 Å². The summed E-state index contributed by atoms with van der Waals surface area (Å²) in [6, 6.07) is 0. The molecule has 6 saturated carbocycles. The van der Waals surface area contributed by atoms with Gasteiger partial charge in [0.05, 0.1) is 30.3 Å². The van der Waals surface area contributed by atoms with Crippen LogP contribution in [-0.4, -0.2) is 36.1 Å². The molecule has 9 unspecified atom stereocenters. The summed E-state index contributed by atoms with van der Waals surface area (Å²) in [5.74, 6) is -0.392. The number of fused-ring (bicyclic) bond motifs is 5. The predicted octanol–water partition coefficient (Wildman–Crippen LogP) is 4.56. The van der Waals surface area contributed by atoms with Crippen molar-refractivity contribution >= 4 is 23.9 Å². The summed E-state index contributed by atoms with van der Waals surface area (Å²) >= 11 is 0. The van der Waals surface area contributed by atoms with Crippen molar-refractivity contribution in [2.24, 2.45) is 76.4 Å². The van der Waals surface area contributed by atoms with E-state index in [4.69, 9.17) is 14.2 Å². The van der Waals surface area contributed by atoms with Gasteiger partial charge >= 0.3 is 23.9 Å². The molecular formula is C31H42O7. The predicted molar refractivity (Wildman–Crippen MR) is 135 cm³/mol. The number of rotatable bonds is 6. The molecule has 9 atom stereocenters. The van der Waals surface area contributed by atoms with Crippen molar-refractivity contribution in [3.05, 3.63) is 0 Å². The van der Waals surface area contributed by atoms with Crippen molar-refractivity contribution in [2.75, 3.05) is 6.61 Å². The fraction of sp³-hybridized carbons (Fsp3) is 0.871. The van der Waals surface area contributed by atoms with E-state index in [0.717, 1.165) is 43.4 Å². The van der Waals surface area contributed by atoms with Crippen LogP contribution in [0.25, 0.3) is 0 Å². The molecule has 2 saturated heterocycles. The van der Waals surface area contributed by atoms with Gasteiger partial charge in [-0.15, -0.1) is 0 Å².